The summed E-state index contributed by atoms with van der Waals surface area (Å²) in [4.78, 5) is 15.4. The first-order valence-corrected chi connectivity index (χ1v) is 5.52. The highest BCUT2D eigenvalue weighted by Gasteiger charge is 2.19. The summed E-state index contributed by atoms with van der Waals surface area (Å²) in [6, 6.07) is 0. The van der Waals surface area contributed by atoms with Crippen molar-refractivity contribution in [3.8, 4) is 5.69 Å². The Hall–Kier alpha value is -2.31. The molecule has 0 spiro atoms. The second-order valence-corrected chi connectivity index (χ2v) is 3.83. The molecule has 2 N–H and O–H groups in total. The third kappa shape index (κ3) is 1.83. The predicted octanol–water partition coefficient (Wildman–Crippen LogP) is 0.537. The van der Waals surface area contributed by atoms with E-state index >= 15 is 0 Å². The highest BCUT2D eigenvalue weighted by atomic mass is 16.5. The van der Waals surface area contributed by atoms with Gasteiger partial charge >= 0.3 is 5.97 Å². The molecule has 7 nitrogen and oxygen atoms in total. The van der Waals surface area contributed by atoms with Crippen LogP contribution in [0.3, 0.4) is 0 Å². The number of aryl methyl sites for hydroxylation is 2. The minimum Gasteiger partial charge on any atom is -0.464 e. The van der Waals surface area contributed by atoms with Crippen LogP contribution < -0.4 is 5.73 Å². The van der Waals surface area contributed by atoms with Gasteiger partial charge in [-0.15, -0.1) is 0 Å². The largest absolute Gasteiger partial charge is 0.464 e. The highest BCUT2D eigenvalue weighted by Crippen LogP contribution is 2.20. The van der Waals surface area contributed by atoms with Gasteiger partial charge in [-0.2, -0.15) is 5.10 Å². The second-order valence-electron chi connectivity index (χ2n) is 3.83. The maximum absolute atomic E-state index is 11.4. The molecule has 0 aromatic carbocycles. The van der Waals surface area contributed by atoms with Crippen molar-refractivity contribution in [2.24, 2.45) is 7.05 Å². The van der Waals surface area contributed by atoms with Gasteiger partial charge in [-0.05, 0) is 6.42 Å². The Balaban J connectivity index is 2.51. The van der Waals surface area contributed by atoms with Crippen molar-refractivity contribution in [3.05, 3.63) is 23.9 Å². The molecule has 0 saturated carbocycles. The molecule has 2 rings (SSSR count). The van der Waals surface area contributed by atoms with E-state index in [9.17, 15) is 4.79 Å². The number of carbonyl (C=O) groups excluding carboxylic acids is 1. The summed E-state index contributed by atoms with van der Waals surface area (Å²) in [7, 11) is 3.12. The van der Waals surface area contributed by atoms with Crippen molar-refractivity contribution in [2.45, 2.75) is 13.3 Å². The maximum atomic E-state index is 11.4. The number of methoxy groups -OCH3 is 1. The van der Waals surface area contributed by atoms with Gasteiger partial charge in [-0.25, -0.2) is 9.78 Å². The number of carbonyl (C=O) groups is 1. The number of nitrogens with zero attached hydrogens (tertiary/aromatic N) is 4. The molecular weight excluding hydrogens is 234 g/mol. The van der Waals surface area contributed by atoms with Crippen LogP contribution >= 0.6 is 0 Å². The number of aromatic nitrogens is 4. The van der Waals surface area contributed by atoms with Crippen molar-refractivity contribution in [2.75, 3.05) is 12.8 Å². The highest BCUT2D eigenvalue weighted by molar-refractivity contribution is 5.92. The molecule has 0 saturated heterocycles. The Morgan fingerprint density at radius 2 is 2.28 bits per heavy atom. The molecule has 0 aliphatic rings. The molecule has 96 valence electrons. The summed E-state index contributed by atoms with van der Waals surface area (Å²) in [5.74, 6) is -0.294. The first-order chi connectivity index (χ1) is 8.58. The number of hydrogen-bond acceptors (Lipinski definition) is 5. The molecule has 2 heterocycles. The van der Waals surface area contributed by atoms with Gasteiger partial charge < -0.3 is 10.5 Å². The van der Waals surface area contributed by atoms with Crippen LogP contribution in [-0.2, 0) is 18.2 Å². The average molecular weight is 249 g/mol. The first kappa shape index (κ1) is 12.2. The fraction of sp³-hybridized carbons (Fsp3) is 0.364. The lowest BCUT2D eigenvalue weighted by Gasteiger charge is -2.04. The molecule has 0 radical (unpaired) electrons. The monoisotopic (exact) mass is 249 g/mol. The Labute approximate surface area is 104 Å². The number of rotatable bonds is 3. The van der Waals surface area contributed by atoms with Crippen LogP contribution in [0.5, 0.6) is 0 Å². The van der Waals surface area contributed by atoms with Crippen molar-refractivity contribution in [1.29, 1.82) is 0 Å². The van der Waals surface area contributed by atoms with Gasteiger partial charge in [-0.3, -0.25) is 9.25 Å². The smallest absolute Gasteiger partial charge is 0.360 e. The predicted molar refractivity (Wildman–Crippen MR) is 65.5 cm³/mol. The molecule has 0 atom stereocenters. The average Bonchev–Trinajstić information content (AvgIpc) is 2.91. The summed E-state index contributed by atoms with van der Waals surface area (Å²) >= 11 is 0. The quantitative estimate of drug-likeness (QED) is 0.802. The van der Waals surface area contributed by atoms with Gasteiger partial charge in [0.1, 0.15) is 12.1 Å². The molecule has 0 aliphatic carbocycles. The van der Waals surface area contributed by atoms with Gasteiger partial charge in [0.15, 0.2) is 5.69 Å². The Kier molecular flexibility index (Phi) is 3.05. The molecule has 0 fully saturated rings. The van der Waals surface area contributed by atoms with Crippen LogP contribution in [0.15, 0.2) is 12.5 Å². The van der Waals surface area contributed by atoms with E-state index in [1.165, 1.54) is 13.4 Å². The van der Waals surface area contributed by atoms with Crippen LogP contribution in [-0.4, -0.2) is 32.4 Å². The number of anilines is 1. The van der Waals surface area contributed by atoms with Crippen LogP contribution in [0.25, 0.3) is 5.69 Å². The lowest BCUT2D eigenvalue weighted by atomic mass is 10.3. The summed E-state index contributed by atoms with van der Waals surface area (Å²) in [6.07, 6.45) is 4.09. The molecule has 0 amide bonds. The number of esters is 1. The first-order valence-electron chi connectivity index (χ1n) is 5.52. The van der Waals surface area contributed by atoms with E-state index in [1.807, 2.05) is 20.2 Å². The van der Waals surface area contributed by atoms with E-state index in [0.717, 1.165) is 17.8 Å². The minimum atomic E-state index is -0.548. The van der Waals surface area contributed by atoms with E-state index in [2.05, 4.69) is 14.8 Å². The number of nitrogen functional groups attached to an aromatic ring is 1. The summed E-state index contributed by atoms with van der Waals surface area (Å²) in [5, 5.41) is 4.32. The van der Waals surface area contributed by atoms with Crippen molar-refractivity contribution < 1.29 is 9.53 Å². The van der Waals surface area contributed by atoms with Crippen molar-refractivity contribution in [3.63, 3.8) is 0 Å². The van der Waals surface area contributed by atoms with Gasteiger partial charge in [0, 0.05) is 13.2 Å². The molecular formula is C11H15N5O2. The molecule has 0 aliphatic heterocycles. The maximum Gasteiger partial charge on any atom is 0.360 e. The van der Waals surface area contributed by atoms with Gasteiger partial charge in [0.25, 0.3) is 0 Å². The van der Waals surface area contributed by atoms with E-state index in [0.29, 0.717) is 0 Å². The number of nitrogens with two attached hydrogens (primary N) is 1. The lowest BCUT2D eigenvalue weighted by Crippen LogP contribution is -2.08. The topological polar surface area (TPSA) is 88.0 Å². The molecule has 2 aromatic heterocycles. The zero-order valence-corrected chi connectivity index (χ0v) is 10.5. The van der Waals surface area contributed by atoms with Gasteiger partial charge in [0.05, 0.1) is 18.5 Å². The van der Waals surface area contributed by atoms with Crippen LogP contribution in [0.1, 0.15) is 23.1 Å². The zero-order chi connectivity index (χ0) is 13.3. The fourth-order valence-electron chi connectivity index (χ4n) is 1.78. The third-order valence-electron chi connectivity index (χ3n) is 2.66. The second kappa shape index (κ2) is 4.52. The molecule has 7 heteroatoms. The molecule has 0 bridgehead atoms. The Bertz CT molecular complexity index is 584. The van der Waals surface area contributed by atoms with Gasteiger partial charge in [0.2, 0.25) is 0 Å². The molecule has 0 unspecified atom stereocenters. The Morgan fingerprint density at radius 3 is 2.89 bits per heavy atom. The number of ether oxygens (including phenoxy) is 1. The summed E-state index contributed by atoms with van der Waals surface area (Å²) in [5.41, 5.74) is 7.73. The van der Waals surface area contributed by atoms with Crippen molar-refractivity contribution in [1.82, 2.24) is 19.3 Å². The Morgan fingerprint density at radius 1 is 1.56 bits per heavy atom. The fourth-order valence-corrected chi connectivity index (χ4v) is 1.78. The SMILES string of the molecule is CCc1nn(C)cc1-n1cnc(C(=O)OC)c1N. The summed E-state index contributed by atoms with van der Waals surface area (Å²) in [6.45, 7) is 2.00. The molecule has 18 heavy (non-hydrogen) atoms. The van der Waals surface area contributed by atoms with Crippen LogP contribution in [0, 0.1) is 0 Å². The van der Waals surface area contributed by atoms with E-state index in [4.69, 9.17) is 5.73 Å². The van der Waals surface area contributed by atoms with Crippen LogP contribution in [0.4, 0.5) is 5.82 Å². The standard InChI is InChI=1S/C11H15N5O2/c1-4-7-8(5-15(2)14-7)16-6-13-9(10(16)12)11(17)18-3/h5-6H,4,12H2,1-3H3. The number of hydrogen-bond donors (Lipinski definition) is 1. The number of imidazole rings is 1. The third-order valence-corrected chi connectivity index (χ3v) is 2.66. The summed E-state index contributed by atoms with van der Waals surface area (Å²) < 4.78 is 7.95. The van der Waals surface area contributed by atoms with Crippen molar-refractivity contribution >= 4 is 11.8 Å². The van der Waals surface area contributed by atoms with E-state index in [-0.39, 0.29) is 11.5 Å². The molecule has 2 aromatic rings. The van der Waals surface area contributed by atoms with E-state index < -0.39 is 5.97 Å². The zero-order valence-electron chi connectivity index (χ0n) is 10.5. The van der Waals surface area contributed by atoms with Gasteiger partial charge in [-0.1, -0.05) is 6.92 Å². The lowest BCUT2D eigenvalue weighted by molar-refractivity contribution is 0.0596. The van der Waals surface area contributed by atoms with E-state index in [1.54, 1.807) is 9.25 Å². The normalized spacial score (nSPS) is 10.6. The minimum absolute atomic E-state index is 0.114. The van der Waals surface area contributed by atoms with Crippen LogP contribution in [0.2, 0.25) is 0 Å².